The van der Waals surface area contributed by atoms with Gasteiger partial charge in [-0.3, -0.25) is 4.90 Å². The molecular weight excluding hydrogens is 227 g/mol. The van der Waals surface area contributed by atoms with Gasteiger partial charge in [0.05, 0.1) is 5.69 Å². The maximum atomic E-state index is 11.5. The van der Waals surface area contributed by atoms with Crippen LogP contribution in [0.15, 0.2) is 29.2 Å². The van der Waals surface area contributed by atoms with E-state index in [-0.39, 0.29) is 34.5 Å². The molecule has 0 aromatic heterocycles. The number of rotatable bonds is 0. The molecule has 1 radical (unpaired) electrons. The quantitative estimate of drug-likeness (QED) is 0.651. The largest absolute Gasteiger partial charge is 0.335 e. The van der Waals surface area contributed by atoms with E-state index in [0.717, 1.165) is 0 Å². The Kier molecular flexibility index (Phi) is 3.44. The molecule has 2 rings (SSSR count). The summed E-state index contributed by atoms with van der Waals surface area (Å²) in [4.78, 5) is 12.6. The summed E-state index contributed by atoms with van der Waals surface area (Å²) >= 11 is 0. The molecule has 0 aliphatic carbocycles. The molecule has 5 nitrogen and oxygen atoms in total. The molecule has 0 atom stereocenters. The van der Waals surface area contributed by atoms with Crippen LogP contribution in [-0.4, -0.2) is 51.1 Å². The predicted octanol–water partition coefficient (Wildman–Crippen LogP) is 0.154. The first-order valence-electron chi connectivity index (χ1n) is 3.92. The fourth-order valence-electron chi connectivity index (χ4n) is 1.31. The summed E-state index contributed by atoms with van der Waals surface area (Å²) in [6.45, 7) is 0. The Balaban J connectivity index is 0.00000112. The Hall–Kier alpha value is -0.560. The van der Waals surface area contributed by atoms with Gasteiger partial charge in [-0.05, 0) is 12.1 Å². The summed E-state index contributed by atoms with van der Waals surface area (Å²) in [5.74, 6) is 0. The van der Waals surface area contributed by atoms with Crippen LogP contribution >= 0.6 is 0 Å². The van der Waals surface area contributed by atoms with Gasteiger partial charge in [0.25, 0.3) is 10.0 Å². The number of carbonyl (C=O) groups is 1. The predicted molar refractivity (Wildman–Crippen MR) is 56.3 cm³/mol. The Labute approximate surface area is 110 Å². The molecule has 0 spiro atoms. The molecule has 0 unspecified atom stereocenters. The van der Waals surface area contributed by atoms with Crippen LogP contribution in [0.5, 0.6) is 0 Å². The third-order valence-electron chi connectivity index (χ3n) is 2.04. The second kappa shape index (κ2) is 4.13. The van der Waals surface area contributed by atoms with Gasteiger partial charge in [-0.25, -0.2) is 17.9 Å². The SMILES string of the molecule is CN1C(=O)NS(=O)(=O)c2ccccc21.[Na]. The molecule has 1 aliphatic rings. The minimum atomic E-state index is -3.67. The maximum Gasteiger partial charge on any atom is 0.335 e. The number of carbonyl (C=O) groups excluding carboxylic acids is 1. The molecular formula is C8H8N2NaO3S. The zero-order valence-corrected chi connectivity index (χ0v) is 11.2. The number of sulfonamides is 1. The van der Waals surface area contributed by atoms with Crippen LogP contribution in [0.2, 0.25) is 0 Å². The number of nitrogens with one attached hydrogen (secondary N) is 1. The zero-order chi connectivity index (χ0) is 10.3. The smallest absolute Gasteiger partial charge is 0.295 e. The minimum absolute atomic E-state index is 0. The summed E-state index contributed by atoms with van der Waals surface area (Å²) in [6.07, 6.45) is 0. The van der Waals surface area contributed by atoms with Crippen LogP contribution in [-0.2, 0) is 10.0 Å². The van der Waals surface area contributed by atoms with Crippen molar-refractivity contribution in [3.05, 3.63) is 24.3 Å². The molecule has 0 bridgehead atoms. The molecule has 1 aliphatic heterocycles. The molecule has 1 N–H and O–H groups in total. The zero-order valence-electron chi connectivity index (χ0n) is 8.39. The number of nitrogens with zero attached hydrogens (tertiary/aromatic N) is 1. The average Bonchev–Trinajstić information content (AvgIpc) is 2.14. The van der Waals surface area contributed by atoms with Crippen LogP contribution in [0.3, 0.4) is 0 Å². The number of para-hydroxylation sites is 1. The van der Waals surface area contributed by atoms with Crippen LogP contribution in [0, 0.1) is 0 Å². The van der Waals surface area contributed by atoms with Crippen LogP contribution in [0.4, 0.5) is 10.5 Å². The van der Waals surface area contributed by atoms with Gasteiger partial charge in [-0.1, -0.05) is 12.1 Å². The Morgan fingerprint density at radius 1 is 1.27 bits per heavy atom. The Bertz CT molecular complexity index is 500. The van der Waals surface area contributed by atoms with Crippen LogP contribution < -0.4 is 9.62 Å². The molecule has 0 saturated carbocycles. The number of fused-ring (bicyclic) bond motifs is 1. The minimum Gasteiger partial charge on any atom is -0.295 e. The van der Waals surface area contributed by atoms with Crippen molar-refractivity contribution in [3.8, 4) is 0 Å². The van der Waals surface area contributed by atoms with Crippen molar-refractivity contribution in [2.75, 3.05) is 11.9 Å². The number of urea groups is 1. The fraction of sp³-hybridized carbons (Fsp3) is 0.125. The van der Waals surface area contributed by atoms with E-state index in [2.05, 4.69) is 0 Å². The van der Waals surface area contributed by atoms with Crippen molar-refractivity contribution in [3.63, 3.8) is 0 Å². The topological polar surface area (TPSA) is 66.5 Å². The number of hydrogen-bond acceptors (Lipinski definition) is 3. The number of hydrogen-bond donors (Lipinski definition) is 1. The average molecular weight is 235 g/mol. The van der Waals surface area contributed by atoms with Crippen molar-refractivity contribution in [1.29, 1.82) is 0 Å². The molecule has 1 heterocycles. The third-order valence-corrected chi connectivity index (χ3v) is 3.41. The van der Waals surface area contributed by atoms with Crippen molar-refractivity contribution < 1.29 is 13.2 Å². The molecule has 1 aromatic rings. The van der Waals surface area contributed by atoms with Gasteiger partial charge in [-0.2, -0.15) is 0 Å². The van der Waals surface area contributed by atoms with E-state index >= 15 is 0 Å². The van der Waals surface area contributed by atoms with Crippen molar-refractivity contribution in [1.82, 2.24) is 4.72 Å². The van der Waals surface area contributed by atoms with Crippen molar-refractivity contribution in [2.45, 2.75) is 4.90 Å². The molecule has 7 heteroatoms. The number of benzene rings is 1. The van der Waals surface area contributed by atoms with Gasteiger partial charge in [-0.15, -0.1) is 0 Å². The van der Waals surface area contributed by atoms with Gasteiger partial charge in [0.2, 0.25) is 0 Å². The molecule has 75 valence electrons. The van der Waals surface area contributed by atoms with Gasteiger partial charge in [0.15, 0.2) is 0 Å². The molecule has 0 fully saturated rings. The van der Waals surface area contributed by atoms with E-state index in [9.17, 15) is 13.2 Å². The molecule has 2 amide bonds. The van der Waals surface area contributed by atoms with E-state index in [1.807, 2.05) is 4.72 Å². The van der Waals surface area contributed by atoms with Crippen LogP contribution in [0.25, 0.3) is 0 Å². The van der Waals surface area contributed by atoms with Gasteiger partial charge in [0.1, 0.15) is 4.90 Å². The normalized spacial score (nSPS) is 17.4. The van der Waals surface area contributed by atoms with E-state index < -0.39 is 16.1 Å². The second-order valence-electron chi connectivity index (χ2n) is 2.94. The Morgan fingerprint density at radius 2 is 1.87 bits per heavy atom. The monoisotopic (exact) mass is 235 g/mol. The van der Waals surface area contributed by atoms with E-state index in [1.54, 1.807) is 18.2 Å². The summed E-state index contributed by atoms with van der Waals surface area (Å²) in [5, 5.41) is 0. The summed E-state index contributed by atoms with van der Waals surface area (Å²) in [5.41, 5.74) is 0.399. The molecule has 0 saturated heterocycles. The summed E-state index contributed by atoms with van der Waals surface area (Å²) in [7, 11) is -2.15. The van der Waals surface area contributed by atoms with E-state index in [4.69, 9.17) is 0 Å². The van der Waals surface area contributed by atoms with Gasteiger partial charge < -0.3 is 0 Å². The standard InChI is InChI=1S/C8H8N2O3S.Na/c1-10-6-4-2-3-5-7(6)14(12,13)9-8(10)11;/h2-5H,1H3,(H,9,11);. The maximum absolute atomic E-state index is 11.5. The molecule has 1 aromatic carbocycles. The Morgan fingerprint density at radius 3 is 2.53 bits per heavy atom. The molecule has 15 heavy (non-hydrogen) atoms. The first-order chi connectivity index (χ1) is 6.52. The second-order valence-corrected chi connectivity index (χ2v) is 4.59. The first-order valence-corrected chi connectivity index (χ1v) is 5.40. The van der Waals surface area contributed by atoms with Crippen LogP contribution in [0.1, 0.15) is 0 Å². The van der Waals surface area contributed by atoms with Gasteiger partial charge >= 0.3 is 6.03 Å². The third kappa shape index (κ3) is 2.03. The first kappa shape index (κ1) is 12.5. The van der Waals surface area contributed by atoms with Gasteiger partial charge in [0, 0.05) is 36.6 Å². The van der Waals surface area contributed by atoms with E-state index in [1.165, 1.54) is 18.0 Å². The number of anilines is 1. The van der Waals surface area contributed by atoms with E-state index in [0.29, 0.717) is 5.69 Å². The van der Waals surface area contributed by atoms with Crippen molar-refractivity contribution in [2.24, 2.45) is 0 Å². The summed E-state index contributed by atoms with van der Waals surface area (Å²) < 4.78 is 24.9. The van der Waals surface area contributed by atoms with Crippen molar-refractivity contribution >= 4 is 51.3 Å². The fourth-order valence-corrected chi connectivity index (χ4v) is 2.52. The number of amides is 2. The summed E-state index contributed by atoms with van der Waals surface area (Å²) in [6, 6.07) is 5.71.